The van der Waals surface area contributed by atoms with Crippen LogP contribution in [0.2, 0.25) is 0 Å². The van der Waals surface area contributed by atoms with Gasteiger partial charge in [0.2, 0.25) is 0 Å². The van der Waals surface area contributed by atoms with E-state index in [-0.39, 0.29) is 38.6 Å². The zero-order valence-electron chi connectivity index (χ0n) is 25.6. The Bertz CT molecular complexity index is 649. The Hall–Kier alpha value is -0.990. The minimum atomic E-state index is -4.35. The Morgan fingerprint density at radius 1 is 0.650 bits per heavy atom. The molecule has 10 heteroatoms. The van der Waals surface area contributed by atoms with Crippen molar-refractivity contribution in [1.29, 1.82) is 0 Å². The first kappa shape index (κ1) is 39.0. The lowest BCUT2D eigenvalue weighted by Crippen LogP contribution is -2.29. The largest absolute Gasteiger partial charge is 0.472 e. The van der Waals surface area contributed by atoms with Crippen molar-refractivity contribution < 1.29 is 37.6 Å². The summed E-state index contributed by atoms with van der Waals surface area (Å²) >= 11 is 0. The van der Waals surface area contributed by atoms with Gasteiger partial charge in [-0.15, -0.1) is 0 Å². The van der Waals surface area contributed by atoms with Gasteiger partial charge in [0.25, 0.3) is 0 Å². The Morgan fingerprint density at radius 2 is 1.07 bits per heavy atom. The molecule has 0 aliphatic heterocycles. The van der Waals surface area contributed by atoms with Crippen molar-refractivity contribution in [2.75, 3.05) is 26.4 Å². The number of carbonyl (C=O) groups excluding carboxylic acids is 2. The van der Waals surface area contributed by atoms with E-state index in [2.05, 4.69) is 13.8 Å². The highest BCUT2D eigenvalue weighted by Gasteiger charge is 2.25. The van der Waals surface area contributed by atoms with E-state index in [1.807, 2.05) is 0 Å². The molecule has 3 N–H and O–H groups in total. The lowest BCUT2D eigenvalue weighted by Gasteiger charge is -2.19. The molecular formula is C30H60NO8P. The van der Waals surface area contributed by atoms with Gasteiger partial charge in [-0.2, -0.15) is 0 Å². The molecule has 0 saturated carbocycles. The zero-order valence-corrected chi connectivity index (χ0v) is 26.5. The maximum absolute atomic E-state index is 12.4. The highest BCUT2D eigenvalue weighted by atomic mass is 31.2. The van der Waals surface area contributed by atoms with Crippen LogP contribution >= 0.6 is 7.82 Å². The summed E-state index contributed by atoms with van der Waals surface area (Å²) in [4.78, 5) is 34.3. The van der Waals surface area contributed by atoms with E-state index >= 15 is 0 Å². The zero-order chi connectivity index (χ0) is 29.7. The molecule has 0 bridgehead atoms. The van der Waals surface area contributed by atoms with Crippen molar-refractivity contribution in [3.05, 3.63) is 0 Å². The maximum atomic E-state index is 12.4. The van der Waals surface area contributed by atoms with Gasteiger partial charge >= 0.3 is 19.8 Å². The van der Waals surface area contributed by atoms with Gasteiger partial charge in [0.1, 0.15) is 6.61 Å². The molecule has 0 rings (SSSR count). The minimum absolute atomic E-state index is 0.0571. The second kappa shape index (κ2) is 28.1. The summed E-state index contributed by atoms with van der Waals surface area (Å²) in [5.74, 6) is -0.834. The molecule has 0 aliphatic rings. The summed E-state index contributed by atoms with van der Waals surface area (Å²) < 4.78 is 32.3. The predicted octanol–water partition coefficient (Wildman–Crippen LogP) is 7.77. The summed E-state index contributed by atoms with van der Waals surface area (Å²) in [6.45, 7) is 3.64. The van der Waals surface area contributed by atoms with E-state index in [4.69, 9.17) is 24.3 Å². The second-order valence-electron chi connectivity index (χ2n) is 10.7. The fourth-order valence-corrected chi connectivity index (χ4v) is 5.10. The number of carbonyl (C=O) groups is 2. The number of phosphoric acid groups is 1. The number of nitrogens with two attached hydrogens (primary N) is 1. The number of hydrogen-bond acceptors (Lipinski definition) is 8. The van der Waals surface area contributed by atoms with Gasteiger partial charge in [-0.25, -0.2) is 4.57 Å². The average Bonchev–Trinajstić information content (AvgIpc) is 2.93. The molecule has 0 spiro atoms. The summed E-state index contributed by atoms with van der Waals surface area (Å²) in [5, 5.41) is 0. The molecule has 238 valence electrons. The van der Waals surface area contributed by atoms with Crippen LogP contribution in [0.3, 0.4) is 0 Å². The molecule has 0 aliphatic carbocycles. The molecule has 0 amide bonds. The van der Waals surface area contributed by atoms with Crippen molar-refractivity contribution in [3.8, 4) is 0 Å². The van der Waals surface area contributed by atoms with Gasteiger partial charge in [-0.3, -0.25) is 18.6 Å². The van der Waals surface area contributed by atoms with E-state index in [1.54, 1.807) is 0 Å². The lowest BCUT2D eigenvalue weighted by molar-refractivity contribution is -0.161. The summed E-state index contributed by atoms with van der Waals surface area (Å²) in [6, 6.07) is 0. The van der Waals surface area contributed by atoms with E-state index in [1.165, 1.54) is 77.0 Å². The van der Waals surface area contributed by atoms with E-state index in [9.17, 15) is 19.0 Å². The molecule has 0 aromatic carbocycles. The van der Waals surface area contributed by atoms with Crippen LogP contribution < -0.4 is 5.73 Å². The normalized spacial score (nSPS) is 13.6. The van der Waals surface area contributed by atoms with E-state index in [0.29, 0.717) is 6.42 Å². The molecule has 2 unspecified atom stereocenters. The van der Waals surface area contributed by atoms with Crippen molar-refractivity contribution in [2.45, 2.75) is 155 Å². The number of unbranched alkanes of at least 4 members (excludes halogenated alkanes) is 17. The molecule has 0 radical (unpaired) electrons. The van der Waals surface area contributed by atoms with Gasteiger partial charge in [-0.1, -0.05) is 123 Å². The number of rotatable bonds is 30. The third-order valence-electron chi connectivity index (χ3n) is 6.74. The molecule has 40 heavy (non-hydrogen) atoms. The Labute approximate surface area is 244 Å². The second-order valence-corrected chi connectivity index (χ2v) is 12.1. The monoisotopic (exact) mass is 593 g/mol. The molecule has 2 atom stereocenters. The smallest absolute Gasteiger partial charge is 0.462 e. The standard InChI is InChI=1S/C30H60NO8P/c1-3-5-7-9-11-12-13-14-15-16-17-19-21-23-30(33)39-28(27-38-40(34,35)37-25-24-31)26-36-29(32)22-20-18-10-8-6-4-2/h28H,3-27,31H2,1-2H3,(H,34,35). The quantitative estimate of drug-likeness (QED) is 0.0486. The Balaban J connectivity index is 4.24. The average molecular weight is 594 g/mol. The number of hydrogen-bond donors (Lipinski definition) is 2. The highest BCUT2D eigenvalue weighted by molar-refractivity contribution is 7.47. The van der Waals surface area contributed by atoms with Crippen LogP contribution in [-0.4, -0.2) is 49.3 Å². The first-order valence-electron chi connectivity index (χ1n) is 16.0. The maximum Gasteiger partial charge on any atom is 0.472 e. The summed E-state index contributed by atoms with van der Waals surface area (Å²) in [6.07, 6.45) is 21.6. The lowest BCUT2D eigenvalue weighted by atomic mass is 10.0. The minimum Gasteiger partial charge on any atom is -0.462 e. The molecular weight excluding hydrogens is 533 g/mol. The Kier molecular flexibility index (Phi) is 27.4. The summed E-state index contributed by atoms with van der Waals surface area (Å²) in [7, 11) is -4.35. The number of phosphoric ester groups is 1. The van der Waals surface area contributed by atoms with E-state index < -0.39 is 26.5 Å². The third kappa shape index (κ3) is 27.2. The van der Waals surface area contributed by atoms with Gasteiger partial charge < -0.3 is 20.1 Å². The number of esters is 2. The fourth-order valence-electron chi connectivity index (χ4n) is 4.34. The van der Waals surface area contributed by atoms with Crippen LogP contribution in [0.25, 0.3) is 0 Å². The molecule has 0 aromatic rings. The summed E-state index contributed by atoms with van der Waals surface area (Å²) in [5.41, 5.74) is 5.30. The van der Waals surface area contributed by atoms with Crippen molar-refractivity contribution in [1.82, 2.24) is 0 Å². The van der Waals surface area contributed by atoms with Crippen LogP contribution in [0.5, 0.6) is 0 Å². The first-order chi connectivity index (χ1) is 19.3. The predicted molar refractivity (Wildman–Crippen MR) is 160 cm³/mol. The van der Waals surface area contributed by atoms with Gasteiger partial charge in [0.05, 0.1) is 13.2 Å². The molecule has 0 saturated heterocycles. The Morgan fingerprint density at radius 3 is 1.52 bits per heavy atom. The van der Waals surface area contributed by atoms with Crippen LogP contribution in [0.15, 0.2) is 0 Å². The van der Waals surface area contributed by atoms with Crippen LogP contribution in [0.4, 0.5) is 0 Å². The van der Waals surface area contributed by atoms with Crippen molar-refractivity contribution >= 4 is 19.8 Å². The fraction of sp³-hybridized carbons (Fsp3) is 0.933. The van der Waals surface area contributed by atoms with Gasteiger partial charge in [0, 0.05) is 19.4 Å². The SMILES string of the molecule is CCCCCCCCCCCCCCCC(=O)OC(COC(=O)CCCCCCCC)COP(=O)(O)OCCN. The van der Waals surface area contributed by atoms with Crippen molar-refractivity contribution in [2.24, 2.45) is 5.73 Å². The highest BCUT2D eigenvalue weighted by Crippen LogP contribution is 2.43. The van der Waals surface area contributed by atoms with E-state index in [0.717, 1.165) is 38.5 Å². The van der Waals surface area contributed by atoms with Crippen molar-refractivity contribution in [3.63, 3.8) is 0 Å². The third-order valence-corrected chi connectivity index (χ3v) is 7.73. The van der Waals surface area contributed by atoms with Gasteiger partial charge in [-0.05, 0) is 12.8 Å². The van der Waals surface area contributed by atoms with Crippen LogP contribution in [0, 0.1) is 0 Å². The topological polar surface area (TPSA) is 134 Å². The van der Waals surface area contributed by atoms with Crippen LogP contribution in [-0.2, 0) is 32.7 Å². The molecule has 0 aromatic heterocycles. The van der Waals surface area contributed by atoms with Gasteiger partial charge in [0.15, 0.2) is 6.10 Å². The number of ether oxygens (including phenoxy) is 2. The molecule has 0 heterocycles. The molecule has 0 fully saturated rings. The molecule has 9 nitrogen and oxygen atoms in total. The first-order valence-corrected chi connectivity index (χ1v) is 17.5. The van der Waals surface area contributed by atoms with Crippen LogP contribution in [0.1, 0.15) is 149 Å².